The highest BCUT2D eigenvalue weighted by molar-refractivity contribution is 6.34. The highest BCUT2D eigenvalue weighted by Gasteiger charge is 2.09. The van der Waals surface area contributed by atoms with E-state index < -0.39 is 0 Å². The number of nitrogens with zero attached hydrogens (tertiary/aromatic N) is 2. The van der Waals surface area contributed by atoms with Crippen molar-refractivity contribution in [2.45, 2.75) is 6.54 Å². The lowest BCUT2D eigenvalue weighted by Crippen LogP contribution is -2.18. The predicted octanol–water partition coefficient (Wildman–Crippen LogP) is 2.52. The van der Waals surface area contributed by atoms with Crippen molar-refractivity contribution < 1.29 is 4.79 Å². The number of hydrogen-bond donors (Lipinski definition) is 2. The first-order valence-electron chi connectivity index (χ1n) is 6.36. The molecule has 0 radical (unpaired) electrons. The van der Waals surface area contributed by atoms with Crippen molar-refractivity contribution in [2.75, 3.05) is 12.4 Å². The first kappa shape index (κ1) is 14.9. The molecule has 0 saturated carbocycles. The first-order chi connectivity index (χ1) is 10.0. The van der Waals surface area contributed by atoms with Gasteiger partial charge >= 0.3 is 0 Å². The van der Waals surface area contributed by atoms with Crippen LogP contribution in [0.15, 0.2) is 30.5 Å². The molecule has 0 unspecified atom stereocenters. The minimum atomic E-state index is -0.227. The molecule has 2 rings (SSSR count). The molecule has 0 atom stereocenters. The number of anilines is 1. The van der Waals surface area contributed by atoms with Crippen molar-refractivity contribution in [1.82, 2.24) is 9.88 Å². The van der Waals surface area contributed by atoms with Crippen molar-refractivity contribution in [3.63, 3.8) is 0 Å². The second-order valence-corrected chi connectivity index (χ2v) is 4.99. The van der Waals surface area contributed by atoms with Crippen LogP contribution in [0.2, 0.25) is 5.02 Å². The number of benzene rings is 1. The summed E-state index contributed by atoms with van der Waals surface area (Å²) in [6, 6.07) is 9.13. The van der Waals surface area contributed by atoms with Crippen LogP contribution in [-0.2, 0) is 13.6 Å². The topological polar surface area (TPSA) is 69.8 Å². The van der Waals surface area contributed by atoms with Crippen LogP contribution in [0.25, 0.3) is 0 Å². The Bertz CT molecular complexity index is 715. The SMILES string of the molecule is CNC(=O)c1cc(NCc2cc(C#N)n(C)c2)ccc1Cl. The third kappa shape index (κ3) is 3.36. The maximum atomic E-state index is 11.7. The summed E-state index contributed by atoms with van der Waals surface area (Å²) in [5.41, 5.74) is 2.81. The average Bonchev–Trinajstić information content (AvgIpc) is 2.85. The van der Waals surface area contributed by atoms with Crippen molar-refractivity contribution in [1.29, 1.82) is 5.26 Å². The summed E-state index contributed by atoms with van der Waals surface area (Å²) in [4.78, 5) is 11.7. The van der Waals surface area contributed by atoms with E-state index in [1.165, 1.54) is 0 Å². The van der Waals surface area contributed by atoms with E-state index in [-0.39, 0.29) is 5.91 Å². The summed E-state index contributed by atoms with van der Waals surface area (Å²) in [5, 5.41) is 15.1. The molecule has 0 aliphatic carbocycles. The van der Waals surface area contributed by atoms with Crippen molar-refractivity contribution in [3.8, 4) is 6.07 Å². The number of nitriles is 1. The Kier molecular flexibility index (Phi) is 4.51. The predicted molar refractivity (Wildman–Crippen MR) is 82.3 cm³/mol. The normalized spacial score (nSPS) is 10.0. The van der Waals surface area contributed by atoms with Crippen molar-refractivity contribution >= 4 is 23.2 Å². The maximum absolute atomic E-state index is 11.7. The number of carbonyl (C=O) groups is 1. The summed E-state index contributed by atoms with van der Waals surface area (Å²) in [6.07, 6.45) is 1.89. The van der Waals surface area contributed by atoms with E-state index in [2.05, 4.69) is 16.7 Å². The highest BCUT2D eigenvalue weighted by Crippen LogP contribution is 2.21. The Balaban J connectivity index is 2.13. The number of aromatic nitrogens is 1. The van der Waals surface area contributed by atoms with Crippen LogP contribution in [0, 0.1) is 11.3 Å². The van der Waals surface area contributed by atoms with Crippen LogP contribution in [0.5, 0.6) is 0 Å². The Morgan fingerprint density at radius 1 is 1.43 bits per heavy atom. The summed E-state index contributed by atoms with van der Waals surface area (Å²) >= 11 is 6.00. The van der Waals surface area contributed by atoms with E-state index >= 15 is 0 Å². The Labute approximate surface area is 128 Å². The second kappa shape index (κ2) is 6.33. The van der Waals surface area contributed by atoms with E-state index in [0.29, 0.717) is 22.8 Å². The van der Waals surface area contributed by atoms with E-state index in [1.807, 2.05) is 25.4 Å². The van der Waals surface area contributed by atoms with E-state index in [0.717, 1.165) is 11.3 Å². The molecule has 0 aliphatic rings. The lowest BCUT2D eigenvalue weighted by molar-refractivity contribution is 0.0963. The second-order valence-electron chi connectivity index (χ2n) is 4.58. The largest absolute Gasteiger partial charge is 0.381 e. The quantitative estimate of drug-likeness (QED) is 0.912. The van der Waals surface area contributed by atoms with Gasteiger partial charge in [0.25, 0.3) is 5.91 Å². The van der Waals surface area contributed by atoms with Crippen LogP contribution in [-0.4, -0.2) is 17.5 Å². The molecular weight excluding hydrogens is 288 g/mol. The van der Waals surface area contributed by atoms with Gasteiger partial charge in [-0.1, -0.05) is 11.6 Å². The maximum Gasteiger partial charge on any atom is 0.252 e. The molecule has 21 heavy (non-hydrogen) atoms. The van der Waals surface area contributed by atoms with Gasteiger partial charge in [0.2, 0.25) is 0 Å². The molecule has 2 N–H and O–H groups in total. The number of nitrogens with one attached hydrogen (secondary N) is 2. The van der Waals surface area contributed by atoms with Gasteiger partial charge in [0, 0.05) is 32.5 Å². The molecule has 0 fully saturated rings. The molecule has 108 valence electrons. The minimum Gasteiger partial charge on any atom is -0.381 e. The van der Waals surface area contributed by atoms with Gasteiger partial charge < -0.3 is 15.2 Å². The van der Waals surface area contributed by atoms with Crippen LogP contribution in [0.1, 0.15) is 21.6 Å². The number of carbonyl (C=O) groups excluding carboxylic acids is 1. The fourth-order valence-corrected chi connectivity index (χ4v) is 2.19. The third-order valence-electron chi connectivity index (χ3n) is 3.11. The zero-order valence-electron chi connectivity index (χ0n) is 11.8. The zero-order chi connectivity index (χ0) is 15.4. The molecule has 0 bridgehead atoms. The molecule has 0 saturated heterocycles. The van der Waals surface area contributed by atoms with Gasteiger partial charge in [-0.15, -0.1) is 0 Å². The Morgan fingerprint density at radius 3 is 2.81 bits per heavy atom. The van der Waals surface area contributed by atoms with Crippen LogP contribution in [0.3, 0.4) is 0 Å². The number of hydrogen-bond acceptors (Lipinski definition) is 3. The summed E-state index contributed by atoms with van der Waals surface area (Å²) in [6.45, 7) is 0.560. The summed E-state index contributed by atoms with van der Waals surface area (Å²) in [5.74, 6) is -0.227. The number of aryl methyl sites for hydroxylation is 1. The van der Waals surface area contributed by atoms with Gasteiger partial charge in [-0.2, -0.15) is 5.26 Å². The lowest BCUT2D eigenvalue weighted by atomic mass is 10.2. The summed E-state index contributed by atoms with van der Waals surface area (Å²) < 4.78 is 1.77. The molecule has 1 amide bonds. The third-order valence-corrected chi connectivity index (χ3v) is 3.44. The van der Waals surface area contributed by atoms with E-state index in [4.69, 9.17) is 16.9 Å². The number of rotatable bonds is 4. The molecule has 5 nitrogen and oxygen atoms in total. The Morgan fingerprint density at radius 2 is 2.19 bits per heavy atom. The number of amides is 1. The molecule has 1 heterocycles. The molecule has 2 aromatic rings. The Hall–Kier alpha value is -2.45. The fraction of sp³-hybridized carbons (Fsp3) is 0.200. The van der Waals surface area contributed by atoms with E-state index in [9.17, 15) is 4.79 Å². The first-order valence-corrected chi connectivity index (χ1v) is 6.73. The van der Waals surface area contributed by atoms with Crippen molar-refractivity contribution in [2.24, 2.45) is 7.05 Å². The highest BCUT2D eigenvalue weighted by atomic mass is 35.5. The van der Waals surface area contributed by atoms with E-state index in [1.54, 1.807) is 23.7 Å². The molecule has 0 spiro atoms. The van der Waals surface area contributed by atoms with Gasteiger partial charge in [0.15, 0.2) is 0 Å². The van der Waals surface area contributed by atoms with Crippen LogP contribution >= 0.6 is 11.6 Å². The van der Waals surface area contributed by atoms with Gasteiger partial charge in [-0.25, -0.2) is 0 Å². The van der Waals surface area contributed by atoms with Gasteiger partial charge in [0.05, 0.1) is 10.6 Å². The average molecular weight is 303 g/mol. The van der Waals surface area contributed by atoms with Gasteiger partial charge in [-0.05, 0) is 29.8 Å². The number of halogens is 1. The lowest BCUT2D eigenvalue weighted by Gasteiger charge is -2.08. The fourth-order valence-electron chi connectivity index (χ4n) is 1.99. The monoisotopic (exact) mass is 302 g/mol. The molecule has 0 aliphatic heterocycles. The molecule has 1 aromatic heterocycles. The van der Waals surface area contributed by atoms with Crippen molar-refractivity contribution in [3.05, 3.63) is 52.3 Å². The standard InChI is InChI=1S/C15H15ClN4O/c1-18-15(21)13-6-11(3-4-14(13)16)19-8-10-5-12(7-17)20(2)9-10/h3-6,9,19H,8H2,1-2H3,(H,18,21). The molecule has 1 aromatic carbocycles. The smallest absolute Gasteiger partial charge is 0.252 e. The minimum absolute atomic E-state index is 0.227. The van der Waals surface area contributed by atoms with Crippen LogP contribution < -0.4 is 10.6 Å². The van der Waals surface area contributed by atoms with Gasteiger partial charge in [-0.3, -0.25) is 4.79 Å². The van der Waals surface area contributed by atoms with Gasteiger partial charge in [0.1, 0.15) is 11.8 Å². The van der Waals surface area contributed by atoms with Crippen LogP contribution in [0.4, 0.5) is 5.69 Å². The molecule has 6 heteroatoms. The zero-order valence-corrected chi connectivity index (χ0v) is 12.5. The summed E-state index contributed by atoms with van der Waals surface area (Å²) in [7, 11) is 3.39. The molecular formula is C15H15ClN4O.